The van der Waals surface area contributed by atoms with Gasteiger partial charge in [0.2, 0.25) is 0 Å². The third kappa shape index (κ3) is 1.54. The van der Waals surface area contributed by atoms with E-state index in [1.54, 1.807) is 12.1 Å². The molecule has 1 heterocycles. The topological polar surface area (TPSA) is 76.5 Å². The summed E-state index contributed by atoms with van der Waals surface area (Å²) >= 11 is 0. The SMILES string of the molecule is NC(C(=O)O)(c1ccco1)C1C2CC3CC(C2)CC1C3. The van der Waals surface area contributed by atoms with Crippen LogP contribution >= 0.6 is 0 Å². The molecule has 0 radical (unpaired) electrons. The Morgan fingerprint density at radius 2 is 1.80 bits per heavy atom. The van der Waals surface area contributed by atoms with Gasteiger partial charge in [-0.25, -0.2) is 4.79 Å². The van der Waals surface area contributed by atoms with Crippen molar-refractivity contribution in [3.05, 3.63) is 24.2 Å². The molecule has 0 aromatic carbocycles. The summed E-state index contributed by atoms with van der Waals surface area (Å²) < 4.78 is 5.41. The highest BCUT2D eigenvalue weighted by Gasteiger charge is 2.59. The molecule has 1 aromatic rings. The molecule has 0 amide bonds. The van der Waals surface area contributed by atoms with Crippen LogP contribution in [0.25, 0.3) is 0 Å². The molecular weight excluding hydrogens is 254 g/mol. The molecule has 4 aliphatic rings. The van der Waals surface area contributed by atoms with E-state index in [0.717, 1.165) is 37.5 Å². The summed E-state index contributed by atoms with van der Waals surface area (Å²) in [5.41, 5.74) is 5.08. The van der Waals surface area contributed by atoms with Crippen LogP contribution in [0.5, 0.6) is 0 Å². The van der Waals surface area contributed by atoms with Gasteiger partial charge in [0.1, 0.15) is 5.76 Å². The highest BCUT2D eigenvalue weighted by atomic mass is 16.4. The predicted octanol–water partition coefficient (Wildman–Crippen LogP) is 2.59. The maximum atomic E-state index is 12.0. The van der Waals surface area contributed by atoms with E-state index in [1.807, 2.05) is 0 Å². The van der Waals surface area contributed by atoms with Crippen LogP contribution < -0.4 is 5.73 Å². The van der Waals surface area contributed by atoms with Crippen LogP contribution in [0.4, 0.5) is 0 Å². The minimum atomic E-state index is -1.36. The molecule has 4 heteroatoms. The zero-order valence-electron chi connectivity index (χ0n) is 11.5. The minimum absolute atomic E-state index is 0.0268. The Morgan fingerprint density at radius 1 is 1.20 bits per heavy atom. The lowest BCUT2D eigenvalue weighted by atomic mass is 9.48. The maximum absolute atomic E-state index is 12.0. The molecule has 4 fully saturated rings. The molecule has 0 aliphatic heterocycles. The normalized spacial score (nSPS) is 41.5. The summed E-state index contributed by atoms with van der Waals surface area (Å²) in [4.78, 5) is 12.0. The number of carbonyl (C=O) groups is 1. The fraction of sp³-hybridized carbons (Fsp3) is 0.688. The Bertz CT molecular complexity index is 496. The van der Waals surface area contributed by atoms with Crippen molar-refractivity contribution in [3.63, 3.8) is 0 Å². The van der Waals surface area contributed by atoms with Crippen molar-refractivity contribution in [1.29, 1.82) is 0 Å². The first-order valence-corrected chi connectivity index (χ1v) is 7.65. The van der Waals surface area contributed by atoms with Crippen molar-refractivity contribution in [2.45, 2.75) is 37.6 Å². The maximum Gasteiger partial charge on any atom is 0.331 e. The van der Waals surface area contributed by atoms with E-state index in [2.05, 4.69) is 0 Å². The molecule has 0 spiro atoms. The summed E-state index contributed by atoms with van der Waals surface area (Å²) in [6, 6.07) is 3.45. The summed E-state index contributed by atoms with van der Waals surface area (Å²) in [5, 5.41) is 9.80. The second-order valence-corrected chi connectivity index (χ2v) is 7.11. The Hall–Kier alpha value is -1.29. The Morgan fingerprint density at radius 3 is 2.25 bits per heavy atom. The van der Waals surface area contributed by atoms with E-state index >= 15 is 0 Å². The van der Waals surface area contributed by atoms with Crippen LogP contribution in [0, 0.1) is 29.6 Å². The number of hydrogen-bond donors (Lipinski definition) is 2. The van der Waals surface area contributed by atoms with Gasteiger partial charge in [-0.05, 0) is 67.9 Å². The number of furan rings is 1. The molecule has 1 aromatic heterocycles. The quantitative estimate of drug-likeness (QED) is 0.889. The second-order valence-electron chi connectivity index (χ2n) is 7.11. The van der Waals surface area contributed by atoms with Gasteiger partial charge in [-0.15, -0.1) is 0 Å². The molecule has 1 unspecified atom stereocenters. The first kappa shape index (κ1) is 12.5. The second kappa shape index (κ2) is 4.10. The van der Waals surface area contributed by atoms with Crippen molar-refractivity contribution < 1.29 is 14.3 Å². The van der Waals surface area contributed by atoms with Gasteiger partial charge >= 0.3 is 5.97 Å². The molecule has 4 saturated carbocycles. The lowest BCUT2D eigenvalue weighted by Crippen LogP contribution is -2.60. The van der Waals surface area contributed by atoms with Gasteiger partial charge in [0, 0.05) is 5.92 Å². The Labute approximate surface area is 118 Å². The molecule has 3 N–H and O–H groups in total. The van der Waals surface area contributed by atoms with Gasteiger partial charge < -0.3 is 15.3 Å². The monoisotopic (exact) mass is 275 g/mol. The minimum Gasteiger partial charge on any atom is -0.480 e. The molecular formula is C16H21NO3. The Balaban J connectivity index is 1.76. The van der Waals surface area contributed by atoms with E-state index in [-0.39, 0.29) is 5.92 Å². The van der Waals surface area contributed by atoms with Crippen molar-refractivity contribution in [2.75, 3.05) is 0 Å². The summed E-state index contributed by atoms with van der Waals surface area (Å²) in [6.45, 7) is 0. The van der Waals surface area contributed by atoms with Crippen LogP contribution in [-0.4, -0.2) is 11.1 Å². The number of aliphatic carboxylic acids is 1. The highest BCUT2D eigenvalue weighted by Crippen LogP contribution is 2.60. The summed E-state index contributed by atoms with van der Waals surface area (Å²) in [5.74, 6) is 2.04. The number of carboxylic acid groups (broad SMARTS) is 1. The van der Waals surface area contributed by atoms with E-state index in [0.29, 0.717) is 17.6 Å². The first-order chi connectivity index (χ1) is 9.59. The van der Waals surface area contributed by atoms with Crippen LogP contribution in [-0.2, 0) is 10.3 Å². The third-order valence-electron chi connectivity index (χ3n) is 6.04. The summed E-state index contributed by atoms with van der Waals surface area (Å²) in [7, 11) is 0. The van der Waals surface area contributed by atoms with Gasteiger partial charge in [-0.2, -0.15) is 0 Å². The van der Waals surface area contributed by atoms with Gasteiger partial charge in [0.15, 0.2) is 5.54 Å². The number of carboxylic acids is 1. The molecule has 4 aliphatic carbocycles. The smallest absolute Gasteiger partial charge is 0.331 e. The predicted molar refractivity (Wildman–Crippen MR) is 72.7 cm³/mol. The number of rotatable bonds is 3. The van der Waals surface area contributed by atoms with Crippen molar-refractivity contribution in [3.8, 4) is 0 Å². The standard InChI is InChI=1S/C16H21NO3/c17-16(15(18)19,13-2-1-3-20-13)14-11-5-9-4-10(7-11)8-12(14)6-9/h1-3,9-12,14H,4-8,17H2,(H,18,19). The van der Waals surface area contributed by atoms with Crippen LogP contribution in [0.1, 0.15) is 37.9 Å². The molecule has 1 atom stereocenters. The van der Waals surface area contributed by atoms with E-state index in [1.165, 1.54) is 12.7 Å². The van der Waals surface area contributed by atoms with Crippen molar-refractivity contribution in [1.82, 2.24) is 0 Å². The van der Waals surface area contributed by atoms with E-state index < -0.39 is 11.5 Å². The van der Waals surface area contributed by atoms with E-state index in [4.69, 9.17) is 10.2 Å². The van der Waals surface area contributed by atoms with Gasteiger partial charge in [-0.3, -0.25) is 0 Å². The third-order valence-corrected chi connectivity index (χ3v) is 6.04. The van der Waals surface area contributed by atoms with Crippen LogP contribution in [0.15, 0.2) is 22.8 Å². The zero-order chi connectivity index (χ0) is 13.9. The molecule has 5 rings (SSSR count). The molecule has 108 valence electrons. The van der Waals surface area contributed by atoms with E-state index in [9.17, 15) is 9.90 Å². The molecule has 4 nitrogen and oxygen atoms in total. The largest absolute Gasteiger partial charge is 0.480 e. The Kier molecular flexibility index (Phi) is 2.56. The van der Waals surface area contributed by atoms with Crippen LogP contribution in [0.2, 0.25) is 0 Å². The molecule has 0 saturated heterocycles. The zero-order valence-corrected chi connectivity index (χ0v) is 11.5. The number of nitrogens with two attached hydrogens (primary N) is 1. The van der Waals surface area contributed by atoms with Gasteiger partial charge in [0.25, 0.3) is 0 Å². The first-order valence-electron chi connectivity index (χ1n) is 7.65. The lowest BCUT2D eigenvalue weighted by Gasteiger charge is -2.57. The fourth-order valence-electron chi connectivity index (χ4n) is 5.59. The van der Waals surface area contributed by atoms with Crippen molar-refractivity contribution in [2.24, 2.45) is 35.3 Å². The molecule has 20 heavy (non-hydrogen) atoms. The average Bonchev–Trinajstić information content (AvgIpc) is 2.90. The van der Waals surface area contributed by atoms with Gasteiger partial charge in [0.05, 0.1) is 6.26 Å². The number of hydrogen-bond acceptors (Lipinski definition) is 3. The van der Waals surface area contributed by atoms with Crippen LogP contribution in [0.3, 0.4) is 0 Å². The molecule has 4 bridgehead atoms. The highest BCUT2D eigenvalue weighted by molar-refractivity contribution is 5.80. The average molecular weight is 275 g/mol. The summed E-state index contributed by atoms with van der Waals surface area (Å²) in [6.07, 6.45) is 7.51. The van der Waals surface area contributed by atoms with Gasteiger partial charge in [-0.1, -0.05) is 0 Å². The van der Waals surface area contributed by atoms with Crippen molar-refractivity contribution >= 4 is 5.97 Å². The lowest BCUT2D eigenvalue weighted by molar-refractivity contribution is -0.157. The fourth-order valence-corrected chi connectivity index (χ4v) is 5.59.